The summed E-state index contributed by atoms with van der Waals surface area (Å²) >= 11 is 0. The van der Waals surface area contributed by atoms with Crippen molar-refractivity contribution >= 4 is 5.91 Å². The Morgan fingerprint density at radius 3 is 2.74 bits per heavy atom. The predicted molar refractivity (Wildman–Crippen MR) is 69.7 cm³/mol. The minimum atomic E-state index is -0.107. The van der Waals surface area contributed by atoms with Crippen LogP contribution in [0.15, 0.2) is 40.9 Å². The third-order valence-electron chi connectivity index (χ3n) is 2.61. The Bertz CT molecular complexity index is 537. The average Bonchev–Trinajstić information content (AvgIpc) is 2.82. The first-order valence-corrected chi connectivity index (χ1v) is 5.99. The van der Waals surface area contributed by atoms with Crippen molar-refractivity contribution in [3.05, 3.63) is 47.9 Å². The molecule has 1 amide bonds. The summed E-state index contributed by atoms with van der Waals surface area (Å²) in [6.07, 6.45) is 0. The zero-order valence-electron chi connectivity index (χ0n) is 11.0. The summed E-state index contributed by atoms with van der Waals surface area (Å²) in [4.78, 5) is 13.4. The van der Waals surface area contributed by atoms with Gasteiger partial charge in [-0.15, -0.1) is 0 Å². The third kappa shape index (κ3) is 3.84. The van der Waals surface area contributed by atoms with E-state index in [1.54, 1.807) is 11.9 Å². The van der Waals surface area contributed by atoms with Gasteiger partial charge in [-0.1, -0.05) is 23.4 Å². The summed E-state index contributed by atoms with van der Waals surface area (Å²) in [7, 11) is 1.71. The van der Waals surface area contributed by atoms with Crippen LogP contribution in [0.4, 0.5) is 0 Å². The topological polar surface area (TPSA) is 55.6 Å². The number of aromatic nitrogens is 1. The molecule has 1 heterocycles. The lowest BCUT2D eigenvalue weighted by molar-refractivity contribution is -0.132. The quantitative estimate of drug-likeness (QED) is 0.825. The Labute approximate surface area is 111 Å². The Hall–Kier alpha value is -2.30. The third-order valence-corrected chi connectivity index (χ3v) is 2.61. The summed E-state index contributed by atoms with van der Waals surface area (Å²) in [5.41, 5.74) is 0.730. The number of ether oxygens (including phenoxy) is 1. The maximum atomic E-state index is 11.9. The van der Waals surface area contributed by atoms with E-state index in [0.29, 0.717) is 12.3 Å². The first-order valence-electron chi connectivity index (χ1n) is 5.99. The van der Waals surface area contributed by atoms with E-state index in [0.717, 1.165) is 11.5 Å². The predicted octanol–water partition coefficient (Wildman–Crippen LogP) is 2.02. The van der Waals surface area contributed by atoms with Gasteiger partial charge in [-0.05, 0) is 19.1 Å². The molecule has 0 unspecified atom stereocenters. The van der Waals surface area contributed by atoms with Crippen molar-refractivity contribution in [1.29, 1.82) is 0 Å². The van der Waals surface area contributed by atoms with Crippen molar-refractivity contribution in [2.45, 2.75) is 13.5 Å². The molecule has 5 nitrogen and oxygen atoms in total. The number of amides is 1. The number of hydrogen-bond donors (Lipinski definition) is 0. The molecule has 0 fully saturated rings. The Kier molecular flexibility index (Phi) is 4.18. The molecule has 5 heteroatoms. The molecule has 100 valence electrons. The number of benzene rings is 1. The fourth-order valence-electron chi connectivity index (χ4n) is 1.60. The molecule has 2 aromatic rings. The van der Waals surface area contributed by atoms with E-state index in [-0.39, 0.29) is 12.5 Å². The van der Waals surface area contributed by atoms with Gasteiger partial charge in [0.15, 0.2) is 6.61 Å². The van der Waals surface area contributed by atoms with E-state index in [1.807, 2.05) is 43.3 Å². The fourth-order valence-corrected chi connectivity index (χ4v) is 1.60. The van der Waals surface area contributed by atoms with Crippen LogP contribution in [0, 0.1) is 6.92 Å². The zero-order chi connectivity index (χ0) is 13.7. The van der Waals surface area contributed by atoms with Gasteiger partial charge in [-0.2, -0.15) is 0 Å². The number of hydrogen-bond acceptors (Lipinski definition) is 4. The van der Waals surface area contributed by atoms with Crippen molar-refractivity contribution < 1.29 is 14.1 Å². The van der Waals surface area contributed by atoms with Crippen LogP contribution in [-0.2, 0) is 11.3 Å². The number of carbonyl (C=O) groups is 1. The number of rotatable bonds is 5. The van der Waals surface area contributed by atoms with Gasteiger partial charge in [0.1, 0.15) is 17.2 Å². The Morgan fingerprint density at radius 1 is 1.37 bits per heavy atom. The van der Waals surface area contributed by atoms with E-state index >= 15 is 0 Å². The molecule has 0 radical (unpaired) electrons. The van der Waals surface area contributed by atoms with E-state index in [9.17, 15) is 4.79 Å². The second-order valence-electron chi connectivity index (χ2n) is 4.28. The molecule has 2 rings (SSSR count). The molecule has 0 saturated carbocycles. The molecule has 0 aliphatic carbocycles. The van der Waals surface area contributed by atoms with Crippen molar-refractivity contribution in [1.82, 2.24) is 10.1 Å². The highest BCUT2D eigenvalue weighted by atomic mass is 16.5. The maximum Gasteiger partial charge on any atom is 0.260 e. The minimum absolute atomic E-state index is 0.0113. The lowest BCUT2D eigenvalue weighted by Crippen LogP contribution is -2.31. The summed E-state index contributed by atoms with van der Waals surface area (Å²) < 4.78 is 10.4. The van der Waals surface area contributed by atoms with Crippen LogP contribution in [0.3, 0.4) is 0 Å². The summed E-state index contributed by atoms with van der Waals surface area (Å²) in [6.45, 7) is 2.24. The highest BCUT2D eigenvalue weighted by molar-refractivity contribution is 5.77. The van der Waals surface area contributed by atoms with Gasteiger partial charge in [0.05, 0.1) is 6.54 Å². The molecule has 1 aromatic carbocycles. The molecule has 19 heavy (non-hydrogen) atoms. The van der Waals surface area contributed by atoms with E-state index < -0.39 is 0 Å². The van der Waals surface area contributed by atoms with Crippen LogP contribution < -0.4 is 4.74 Å². The lowest BCUT2D eigenvalue weighted by atomic mass is 10.3. The van der Waals surface area contributed by atoms with Gasteiger partial charge >= 0.3 is 0 Å². The van der Waals surface area contributed by atoms with E-state index in [2.05, 4.69) is 5.16 Å². The molecular formula is C14H16N2O3. The summed E-state index contributed by atoms with van der Waals surface area (Å²) in [5.74, 6) is 1.31. The first kappa shape index (κ1) is 13.1. The first-order chi connectivity index (χ1) is 9.15. The van der Waals surface area contributed by atoms with Crippen molar-refractivity contribution in [3.63, 3.8) is 0 Å². The van der Waals surface area contributed by atoms with E-state index in [4.69, 9.17) is 9.26 Å². The van der Waals surface area contributed by atoms with Crippen LogP contribution in [0.25, 0.3) is 0 Å². The average molecular weight is 260 g/mol. The molecule has 0 bridgehead atoms. The van der Waals surface area contributed by atoms with Crippen LogP contribution >= 0.6 is 0 Å². The van der Waals surface area contributed by atoms with E-state index in [1.165, 1.54) is 0 Å². The minimum Gasteiger partial charge on any atom is -0.484 e. The summed E-state index contributed by atoms with van der Waals surface area (Å²) in [6, 6.07) is 11.1. The number of aryl methyl sites for hydroxylation is 1. The normalized spacial score (nSPS) is 10.2. The number of carbonyl (C=O) groups excluding carboxylic acids is 1. The van der Waals surface area contributed by atoms with Crippen molar-refractivity contribution in [3.8, 4) is 5.75 Å². The van der Waals surface area contributed by atoms with Crippen LogP contribution in [-0.4, -0.2) is 29.6 Å². The molecule has 1 aromatic heterocycles. The van der Waals surface area contributed by atoms with Crippen molar-refractivity contribution in [2.75, 3.05) is 13.7 Å². The van der Waals surface area contributed by atoms with Gasteiger partial charge in [-0.25, -0.2) is 0 Å². The number of nitrogens with zero attached hydrogens (tertiary/aromatic N) is 2. The van der Waals surface area contributed by atoms with Gasteiger partial charge in [-0.3, -0.25) is 4.79 Å². The number of para-hydroxylation sites is 1. The van der Waals surface area contributed by atoms with Crippen LogP contribution in [0.1, 0.15) is 11.5 Å². The lowest BCUT2D eigenvalue weighted by Gasteiger charge is -2.15. The zero-order valence-corrected chi connectivity index (χ0v) is 11.0. The highest BCUT2D eigenvalue weighted by Crippen LogP contribution is 2.09. The molecule has 0 spiro atoms. The largest absolute Gasteiger partial charge is 0.484 e. The Morgan fingerprint density at radius 2 is 2.11 bits per heavy atom. The molecule has 0 N–H and O–H groups in total. The van der Waals surface area contributed by atoms with Crippen LogP contribution in [0.2, 0.25) is 0 Å². The molecule has 0 aliphatic heterocycles. The second kappa shape index (κ2) is 6.04. The number of likely N-dealkylation sites (N-methyl/N-ethyl adjacent to an activating group) is 1. The molecule has 0 saturated heterocycles. The SMILES string of the molecule is Cc1cc(CN(C)C(=O)COc2ccccc2)no1. The van der Waals surface area contributed by atoms with Gasteiger partial charge in [0.25, 0.3) is 5.91 Å². The second-order valence-corrected chi connectivity index (χ2v) is 4.28. The Balaban J connectivity index is 1.82. The van der Waals surface area contributed by atoms with Gasteiger partial charge in [0, 0.05) is 13.1 Å². The standard InChI is InChI=1S/C14H16N2O3/c1-11-8-12(15-19-11)9-16(2)14(17)10-18-13-6-4-3-5-7-13/h3-8H,9-10H2,1-2H3. The monoisotopic (exact) mass is 260 g/mol. The summed E-state index contributed by atoms with van der Waals surface area (Å²) in [5, 5.41) is 3.85. The molecular weight excluding hydrogens is 244 g/mol. The highest BCUT2D eigenvalue weighted by Gasteiger charge is 2.12. The smallest absolute Gasteiger partial charge is 0.260 e. The van der Waals surface area contributed by atoms with Gasteiger partial charge in [0.2, 0.25) is 0 Å². The maximum absolute atomic E-state index is 11.9. The molecule has 0 atom stereocenters. The van der Waals surface area contributed by atoms with Crippen LogP contribution in [0.5, 0.6) is 5.75 Å². The van der Waals surface area contributed by atoms with Crippen molar-refractivity contribution in [2.24, 2.45) is 0 Å². The molecule has 0 aliphatic rings. The van der Waals surface area contributed by atoms with Gasteiger partial charge < -0.3 is 14.2 Å². The fraction of sp³-hybridized carbons (Fsp3) is 0.286.